The van der Waals surface area contributed by atoms with Gasteiger partial charge in [0.15, 0.2) is 0 Å². The third-order valence-corrected chi connectivity index (χ3v) is 9.03. The van der Waals surface area contributed by atoms with Crippen LogP contribution in [0.4, 0.5) is 0 Å². The summed E-state index contributed by atoms with van der Waals surface area (Å²) in [6.07, 6.45) is 15.5. The molecule has 0 aliphatic heterocycles. The molecule has 26 heavy (non-hydrogen) atoms. The molecule has 0 unspecified atom stereocenters. The van der Waals surface area contributed by atoms with Crippen LogP contribution in [0.5, 0.6) is 0 Å². The maximum absolute atomic E-state index is 11.7. The van der Waals surface area contributed by atoms with Gasteiger partial charge in [0, 0.05) is 54.5 Å². The summed E-state index contributed by atoms with van der Waals surface area (Å²) >= 11 is 0. The number of amides is 2. The van der Waals surface area contributed by atoms with Crippen LogP contribution in [-0.2, 0) is 9.59 Å². The molecular formula is C18H36N2O2S4. The van der Waals surface area contributed by atoms with Gasteiger partial charge in [-0.2, -0.15) is 0 Å². The van der Waals surface area contributed by atoms with Crippen molar-refractivity contribution in [1.82, 2.24) is 9.44 Å². The minimum absolute atomic E-state index is 0.0932. The minimum atomic E-state index is 0.0932. The first-order valence-electron chi connectivity index (χ1n) is 9.94. The molecule has 0 bridgehead atoms. The number of hydrogen-bond donors (Lipinski definition) is 2. The lowest BCUT2D eigenvalue weighted by Crippen LogP contribution is -2.14. The van der Waals surface area contributed by atoms with E-state index < -0.39 is 0 Å². The summed E-state index contributed by atoms with van der Waals surface area (Å²) in [7, 11) is 5.57. The smallest absolute Gasteiger partial charge is 0.230 e. The van der Waals surface area contributed by atoms with Gasteiger partial charge in [-0.05, 0) is 12.8 Å². The Morgan fingerprint density at radius 3 is 1.31 bits per heavy atom. The topological polar surface area (TPSA) is 58.2 Å². The Kier molecular flexibility index (Phi) is 21.9. The van der Waals surface area contributed by atoms with Crippen molar-refractivity contribution in [3.63, 3.8) is 0 Å². The van der Waals surface area contributed by atoms with Crippen LogP contribution in [0.2, 0.25) is 0 Å². The minimum Gasteiger partial charge on any atom is -0.290 e. The second kappa shape index (κ2) is 21.6. The molecule has 0 spiro atoms. The lowest BCUT2D eigenvalue weighted by Gasteiger charge is -2.04. The molecule has 0 aromatic rings. The summed E-state index contributed by atoms with van der Waals surface area (Å²) in [5.41, 5.74) is 0. The number of carbonyl (C=O) groups is 2. The molecule has 0 aliphatic rings. The van der Waals surface area contributed by atoms with E-state index in [0.717, 1.165) is 25.7 Å². The molecule has 0 aromatic carbocycles. The summed E-state index contributed by atoms with van der Waals surface area (Å²) in [4.78, 5) is 23.3. The van der Waals surface area contributed by atoms with Gasteiger partial charge >= 0.3 is 0 Å². The summed E-state index contributed by atoms with van der Waals surface area (Å²) in [6.45, 7) is 4.42. The monoisotopic (exact) mass is 440 g/mol. The van der Waals surface area contributed by atoms with Crippen molar-refractivity contribution < 1.29 is 9.59 Å². The van der Waals surface area contributed by atoms with E-state index in [1.165, 1.54) is 93.0 Å². The molecule has 0 saturated heterocycles. The molecule has 0 saturated carbocycles. The Morgan fingerprint density at radius 2 is 0.923 bits per heavy atom. The molecule has 2 N–H and O–H groups in total. The van der Waals surface area contributed by atoms with Crippen LogP contribution in [0.25, 0.3) is 0 Å². The SMILES string of the molecule is CCCCCCCCC(=O)NSSSSNC(=O)CCCCCCCC. The maximum Gasteiger partial charge on any atom is 0.230 e. The molecule has 8 heteroatoms. The van der Waals surface area contributed by atoms with Crippen molar-refractivity contribution in [1.29, 1.82) is 0 Å². The van der Waals surface area contributed by atoms with Gasteiger partial charge in [-0.1, -0.05) is 78.1 Å². The van der Waals surface area contributed by atoms with Crippen LogP contribution >= 0.6 is 41.6 Å². The molecule has 0 rings (SSSR count). The van der Waals surface area contributed by atoms with Gasteiger partial charge in [0.2, 0.25) is 11.8 Å². The summed E-state index contributed by atoms with van der Waals surface area (Å²) < 4.78 is 5.65. The highest BCUT2D eigenvalue weighted by Crippen LogP contribution is 2.39. The predicted octanol–water partition coefficient (Wildman–Crippen LogP) is 7.23. The van der Waals surface area contributed by atoms with Crippen molar-refractivity contribution in [3.8, 4) is 0 Å². The summed E-state index contributed by atoms with van der Waals surface area (Å²) in [5.74, 6) is 0.186. The van der Waals surface area contributed by atoms with E-state index in [1.54, 1.807) is 0 Å². The molecule has 4 nitrogen and oxygen atoms in total. The van der Waals surface area contributed by atoms with E-state index in [2.05, 4.69) is 23.3 Å². The molecule has 2 amide bonds. The fraction of sp³-hybridized carbons (Fsp3) is 0.889. The molecule has 154 valence electrons. The third-order valence-electron chi connectivity index (χ3n) is 3.92. The van der Waals surface area contributed by atoms with E-state index >= 15 is 0 Å². The van der Waals surface area contributed by atoms with E-state index in [1.807, 2.05) is 0 Å². The molecule has 0 fully saturated rings. The average Bonchev–Trinajstić information content (AvgIpc) is 2.63. The third kappa shape index (κ3) is 20.6. The zero-order valence-electron chi connectivity index (χ0n) is 16.3. The number of nitrogens with one attached hydrogen (secondary N) is 2. The molecule has 0 heterocycles. The largest absolute Gasteiger partial charge is 0.290 e. The van der Waals surface area contributed by atoms with Gasteiger partial charge in [0.25, 0.3) is 0 Å². The Balaban J connectivity index is 3.28. The number of hydrogen-bond acceptors (Lipinski definition) is 6. The van der Waals surface area contributed by atoms with Gasteiger partial charge in [-0.25, -0.2) is 0 Å². The van der Waals surface area contributed by atoms with Crippen molar-refractivity contribution >= 4 is 53.4 Å². The average molecular weight is 441 g/mol. The number of rotatable bonds is 19. The highest BCUT2D eigenvalue weighted by Gasteiger charge is 2.04. The fourth-order valence-corrected chi connectivity index (χ4v) is 6.44. The van der Waals surface area contributed by atoms with Crippen LogP contribution < -0.4 is 9.44 Å². The quantitative estimate of drug-likeness (QED) is 0.125. The second-order valence-corrected chi connectivity index (χ2v) is 11.7. The van der Waals surface area contributed by atoms with Crippen molar-refractivity contribution in [2.24, 2.45) is 0 Å². The molecule has 0 radical (unpaired) electrons. The standard InChI is InChI=1S/C18H36N2O2S4/c1-3-5-7-9-11-13-15-17(21)19-23-25-26-24-20-18(22)16-14-12-10-8-6-4-2/h3-16H2,1-2H3,(H,19,21)(H,20,22). The first-order chi connectivity index (χ1) is 12.7. The van der Waals surface area contributed by atoms with E-state index in [4.69, 9.17) is 0 Å². The first-order valence-corrected chi connectivity index (χ1v) is 14.8. The van der Waals surface area contributed by atoms with Crippen molar-refractivity contribution in [2.75, 3.05) is 0 Å². The van der Waals surface area contributed by atoms with Crippen LogP contribution in [0, 0.1) is 0 Å². The molecule has 0 aliphatic carbocycles. The lowest BCUT2D eigenvalue weighted by atomic mass is 10.1. The van der Waals surface area contributed by atoms with Gasteiger partial charge < -0.3 is 0 Å². The highest BCUT2D eigenvalue weighted by molar-refractivity contribution is 9.25. The number of unbranched alkanes of at least 4 members (excludes halogenated alkanes) is 10. The first kappa shape index (κ1) is 26.3. The van der Waals surface area contributed by atoms with Gasteiger partial charge in [0.05, 0.1) is 0 Å². The van der Waals surface area contributed by atoms with Gasteiger partial charge in [0.1, 0.15) is 0 Å². The van der Waals surface area contributed by atoms with Gasteiger partial charge in [-0.3, -0.25) is 19.0 Å². The van der Waals surface area contributed by atoms with Crippen LogP contribution in [-0.4, -0.2) is 11.8 Å². The highest BCUT2D eigenvalue weighted by atomic mass is 33.7. The zero-order valence-corrected chi connectivity index (χ0v) is 19.6. The predicted molar refractivity (Wildman–Crippen MR) is 123 cm³/mol. The van der Waals surface area contributed by atoms with Crippen LogP contribution in [0.1, 0.15) is 104 Å². The van der Waals surface area contributed by atoms with E-state index in [9.17, 15) is 9.59 Å². The van der Waals surface area contributed by atoms with Gasteiger partial charge in [-0.15, -0.1) is 0 Å². The van der Waals surface area contributed by atoms with Crippen molar-refractivity contribution in [2.45, 2.75) is 104 Å². The summed E-state index contributed by atoms with van der Waals surface area (Å²) in [6, 6.07) is 0. The Morgan fingerprint density at radius 1 is 0.577 bits per heavy atom. The van der Waals surface area contributed by atoms with Crippen LogP contribution in [0.3, 0.4) is 0 Å². The fourth-order valence-electron chi connectivity index (χ4n) is 2.39. The second-order valence-electron chi connectivity index (χ2n) is 6.39. The maximum atomic E-state index is 11.7. The molecule has 0 atom stereocenters. The number of carbonyl (C=O) groups excluding carboxylic acids is 2. The van der Waals surface area contributed by atoms with E-state index in [0.29, 0.717) is 12.8 Å². The Hall–Kier alpha value is 0.340. The lowest BCUT2D eigenvalue weighted by molar-refractivity contribution is -0.120. The zero-order chi connectivity index (χ0) is 19.3. The molecule has 0 aromatic heterocycles. The Labute approximate surface area is 175 Å². The Bertz CT molecular complexity index is 315. The molecular weight excluding hydrogens is 404 g/mol. The normalized spacial score (nSPS) is 10.7. The van der Waals surface area contributed by atoms with E-state index in [-0.39, 0.29) is 11.8 Å². The summed E-state index contributed by atoms with van der Waals surface area (Å²) in [5, 5.41) is 0. The van der Waals surface area contributed by atoms with Crippen molar-refractivity contribution in [3.05, 3.63) is 0 Å². The van der Waals surface area contributed by atoms with Crippen LogP contribution in [0.15, 0.2) is 0 Å².